The van der Waals surface area contributed by atoms with E-state index in [9.17, 15) is 14.0 Å². The lowest BCUT2D eigenvalue weighted by Gasteiger charge is -2.28. The van der Waals surface area contributed by atoms with Gasteiger partial charge in [0.25, 0.3) is 5.91 Å². The van der Waals surface area contributed by atoms with Crippen LogP contribution >= 0.6 is 11.3 Å². The van der Waals surface area contributed by atoms with Crippen molar-refractivity contribution in [3.05, 3.63) is 92.9 Å². The van der Waals surface area contributed by atoms with Gasteiger partial charge in [-0.25, -0.2) is 4.39 Å². The summed E-state index contributed by atoms with van der Waals surface area (Å²) >= 11 is 1.61. The lowest BCUT2D eigenvalue weighted by atomic mass is 10.1. The SMILES string of the molecule is CCCN(CC(=O)N(Cc1ccc(F)cc1)Cc1sccc1C)C(=O)c1ccc(C)cc1. The zero-order chi connectivity index (χ0) is 23.1. The minimum atomic E-state index is -0.307. The molecule has 1 heterocycles. The molecule has 0 bridgehead atoms. The van der Waals surface area contributed by atoms with Gasteiger partial charge in [0.1, 0.15) is 12.4 Å². The van der Waals surface area contributed by atoms with Gasteiger partial charge in [-0.15, -0.1) is 11.3 Å². The summed E-state index contributed by atoms with van der Waals surface area (Å²) in [5.74, 6) is -0.580. The molecule has 0 N–H and O–H groups in total. The van der Waals surface area contributed by atoms with Gasteiger partial charge in [0, 0.05) is 23.5 Å². The first-order valence-electron chi connectivity index (χ1n) is 10.8. The van der Waals surface area contributed by atoms with E-state index in [0.29, 0.717) is 25.2 Å². The molecule has 4 nitrogen and oxygen atoms in total. The lowest BCUT2D eigenvalue weighted by Crippen LogP contribution is -2.42. The fourth-order valence-electron chi connectivity index (χ4n) is 3.45. The maximum absolute atomic E-state index is 13.4. The second-order valence-electron chi connectivity index (χ2n) is 8.00. The molecule has 0 fully saturated rings. The van der Waals surface area contributed by atoms with Gasteiger partial charge in [-0.3, -0.25) is 9.59 Å². The highest BCUT2D eigenvalue weighted by Crippen LogP contribution is 2.20. The van der Waals surface area contributed by atoms with Crippen LogP contribution in [0.3, 0.4) is 0 Å². The van der Waals surface area contributed by atoms with Crippen molar-refractivity contribution in [2.45, 2.75) is 40.3 Å². The van der Waals surface area contributed by atoms with Crippen molar-refractivity contribution in [2.75, 3.05) is 13.1 Å². The molecule has 0 saturated carbocycles. The Morgan fingerprint density at radius 3 is 2.19 bits per heavy atom. The smallest absolute Gasteiger partial charge is 0.254 e. The van der Waals surface area contributed by atoms with E-state index >= 15 is 0 Å². The number of amides is 2. The van der Waals surface area contributed by atoms with Crippen LogP contribution in [0.15, 0.2) is 60.0 Å². The third-order valence-corrected chi connectivity index (χ3v) is 6.36. The van der Waals surface area contributed by atoms with Gasteiger partial charge in [-0.1, -0.05) is 36.8 Å². The fraction of sp³-hybridized carbons (Fsp3) is 0.308. The van der Waals surface area contributed by atoms with E-state index in [2.05, 4.69) is 0 Å². The summed E-state index contributed by atoms with van der Waals surface area (Å²) in [6, 6.07) is 15.6. The molecular weight excluding hydrogens is 423 g/mol. The third-order valence-electron chi connectivity index (χ3n) is 5.35. The van der Waals surface area contributed by atoms with E-state index in [0.717, 1.165) is 28.0 Å². The van der Waals surface area contributed by atoms with Crippen LogP contribution < -0.4 is 0 Å². The van der Waals surface area contributed by atoms with Crippen molar-refractivity contribution in [1.29, 1.82) is 0 Å². The van der Waals surface area contributed by atoms with E-state index in [-0.39, 0.29) is 24.2 Å². The molecule has 0 aliphatic rings. The Morgan fingerprint density at radius 2 is 1.59 bits per heavy atom. The van der Waals surface area contributed by atoms with E-state index in [4.69, 9.17) is 0 Å². The highest BCUT2D eigenvalue weighted by molar-refractivity contribution is 7.10. The number of carbonyl (C=O) groups excluding carboxylic acids is 2. The van der Waals surface area contributed by atoms with Crippen molar-refractivity contribution < 1.29 is 14.0 Å². The molecule has 0 atom stereocenters. The Bertz CT molecular complexity index is 1040. The predicted molar refractivity (Wildman–Crippen MR) is 127 cm³/mol. The number of thiophene rings is 1. The van der Waals surface area contributed by atoms with Crippen molar-refractivity contribution in [1.82, 2.24) is 9.80 Å². The number of nitrogens with zero attached hydrogens (tertiary/aromatic N) is 2. The van der Waals surface area contributed by atoms with Crippen molar-refractivity contribution >= 4 is 23.2 Å². The normalized spacial score (nSPS) is 10.8. The van der Waals surface area contributed by atoms with E-state index in [1.165, 1.54) is 12.1 Å². The number of benzene rings is 2. The first-order valence-corrected chi connectivity index (χ1v) is 11.7. The van der Waals surface area contributed by atoms with Crippen molar-refractivity contribution in [2.24, 2.45) is 0 Å². The largest absolute Gasteiger partial charge is 0.332 e. The first-order chi connectivity index (χ1) is 15.4. The van der Waals surface area contributed by atoms with Crippen LogP contribution in [0.25, 0.3) is 0 Å². The van der Waals surface area contributed by atoms with Crippen LogP contribution in [0.4, 0.5) is 4.39 Å². The quantitative estimate of drug-likeness (QED) is 0.425. The van der Waals surface area contributed by atoms with Crippen molar-refractivity contribution in [3.8, 4) is 0 Å². The molecule has 0 spiro atoms. The Morgan fingerprint density at radius 1 is 0.906 bits per heavy atom. The molecule has 1 aromatic heterocycles. The zero-order valence-electron chi connectivity index (χ0n) is 18.8. The highest BCUT2D eigenvalue weighted by Gasteiger charge is 2.23. The van der Waals surface area contributed by atoms with Crippen LogP contribution in [0.1, 0.15) is 45.3 Å². The lowest BCUT2D eigenvalue weighted by molar-refractivity contribution is -0.133. The number of hydrogen-bond donors (Lipinski definition) is 0. The number of rotatable bonds is 9. The predicted octanol–water partition coefficient (Wildman–Crippen LogP) is 5.59. The molecule has 0 aliphatic carbocycles. The van der Waals surface area contributed by atoms with Crippen LogP contribution in [-0.2, 0) is 17.9 Å². The van der Waals surface area contributed by atoms with Gasteiger partial charge in [-0.2, -0.15) is 0 Å². The Hall–Kier alpha value is -2.99. The fourth-order valence-corrected chi connectivity index (χ4v) is 4.37. The summed E-state index contributed by atoms with van der Waals surface area (Å²) in [6.07, 6.45) is 0.757. The topological polar surface area (TPSA) is 40.6 Å². The molecule has 0 unspecified atom stereocenters. The molecule has 3 aromatic rings. The zero-order valence-corrected chi connectivity index (χ0v) is 19.6. The highest BCUT2D eigenvalue weighted by atomic mass is 32.1. The second-order valence-corrected chi connectivity index (χ2v) is 9.00. The summed E-state index contributed by atoms with van der Waals surface area (Å²) in [5.41, 5.74) is 3.64. The number of carbonyl (C=O) groups is 2. The van der Waals surface area contributed by atoms with Crippen molar-refractivity contribution in [3.63, 3.8) is 0 Å². The standard InChI is InChI=1S/C26H29FN2O2S/c1-4-14-28(26(31)22-9-5-19(2)6-10-22)18-25(30)29(17-24-20(3)13-15-32-24)16-21-7-11-23(27)12-8-21/h5-13,15H,4,14,16-18H2,1-3H3. The minimum Gasteiger partial charge on any atom is -0.332 e. The Kier molecular flexibility index (Phi) is 8.17. The number of aryl methyl sites for hydroxylation is 2. The molecule has 2 amide bonds. The maximum atomic E-state index is 13.4. The summed E-state index contributed by atoms with van der Waals surface area (Å²) in [6.45, 7) is 7.31. The molecule has 0 aliphatic heterocycles. The average molecular weight is 453 g/mol. The van der Waals surface area contributed by atoms with E-state index < -0.39 is 0 Å². The molecule has 3 rings (SSSR count). The Labute approximate surface area is 193 Å². The molecule has 0 saturated heterocycles. The van der Waals surface area contributed by atoms with Gasteiger partial charge in [0.15, 0.2) is 0 Å². The summed E-state index contributed by atoms with van der Waals surface area (Å²) in [7, 11) is 0. The summed E-state index contributed by atoms with van der Waals surface area (Å²) in [4.78, 5) is 30.9. The van der Waals surface area contributed by atoms with Crippen LogP contribution in [0, 0.1) is 19.7 Å². The van der Waals surface area contributed by atoms with Gasteiger partial charge >= 0.3 is 0 Å². The monoisotopic (exact) mass is 452 g/mol. The van der Waals surface area contributed by atoms with Gasteiger partial charge in [-0.05, 0) is 67.1 Å². The summed E-state index contributed by atoms with van der Waals surface area (Å²) < 4.78 is 13.3. The third kappa shape index (κ3) is 6.26. The maximum Gasteiger partial charge on any atom is 0.254 e. The summed E-state index contributed by atoms with van der Waals surface area (Å²) in [5, 5.41) is 2.01. The van der Waals surface area contributed by atoms with Crippen LogP contribution in [0.2, 0.25) is 0 Å². The molecule has 32 heavy (non-hydrogen) atoms. The molecular formula is C26H29FN2O2S. The average Bonchev–Trinajstić information content (AvgIpc) is 3.18. The molecule has 6 heteroatoms. The number of hydrogen-bond acceptors (Lipinski definition) is 3. The second kappa shape index (κ2) is 11.0. The Balaban J connectivity index is 1.80. The van der Waals surface area contributed by atoms with Gasteiger partial charge < -0.3 is 9.80 Å². The number of halogens is 1. The van der Waals surface area contributed by atoms with Crippen LogP contribution in [-0.4, -0.2) is 34.7 Å². The minimum absolute atomic E-state index is 0.00612. The first kappa shape index (κ1) is 23.7. The van der Waals surface area contributed by atoms with E-state index in [1.807, 2.05) is 44.4 Å². The molecule has 168 valence electrons. The van der Waals surface area contributed by atoms with Gasteiger partial charge in [0.2, 0.25) is 5.91 Å². The molecule has 0 radical (unpaired) electrons. The van der Waals surface area contributed by atoms with Crippen LogP contribution in [0.5, 0.6) is 0 Å². The molecule has 2 aromatic carbocycles. The van der Waals surface area contributed by atoms with Gasteiger partial charge in [0.05, 0.1) is 6.54 Å². The van der Waals surface area contributed by atoms with E-state index in [1.54, 1.807) is 45.4 Å².